The summed E-state index contributed by atoms with van der Waals surface area (Å²) < 4.78 is 17.8. The number of rotatable bonds is 1. The zero-order valence-electron chi connectivity index (χ0n) is 18.0. The van der Waals surface area contributed by atoms with Gasteiger partial charge in [-0.3, -0.25) is 9.59 Å². The Bertz CT molecular complexity index is 837. The van der Waals surface area contributed by atoms with Crippen molar-refractivity contribution in [3.8, 4) is 11.8 Å². The zero-order valence-corrected chi connectivity index (χ0v) is 18.0. The van der Waals surface area contributed by atoms with Gasteiger partial charge < -0.3 is 24.0 Å². The fraction of sp³-hybridized carbons (Fsp3) is 0.591. The fourth-order valence-electron chi connectivity index (χ4n) is 3.98. The van der Waals surface area contributed by atoms with Crippen molar-refractivity contribution < 1.29 is 23.8 Å². The lowest BCUT2D eigenvalue weighted by molar-refractivity contribution is -0.146. The van der Waals surface area contributed by atoms with Crippen molar-refractivity contribution in [1.82, 2.24) is 9.80 Å². The Morgan fingerprint density at radius 2 is 1.97 bits per heavy atom. The third-order valence-electron chi connectivity index (χ3n) is 6.04. The summed E-state index contributed by atoms with van der Waals surface area (Å²) >= 11 is 0. The summed E-state index contributed by atoms with van der Waals surface area (Å²) in [5.41, 5.74) is 0.510. The van der Waals surface area contributed by atoms with Crippen LogP contribution in [0.25, 0.3) is 0 Å². The van der Waals surface area contributed by atoms with Crippen LogP contribution in [0, 0.1) is 11.3 Å². The molecule has 0 N–H and O–H groups in total. The number of nitriles is 1. The molecule has 4 atom stereocenters. The Kier molecular flexibility index (Phi) is 6.95. The SMILES string of the molecule is CO[C@H]1CC[C@@H]2CCN(C)C(=O)[C@H](C)N(C)C(=O)c3cccc(C#N)c3OC[C@H]1O2. The van der Waals surface area contributed by atoms with Crippen LogP contribution in [0.15, 0.2) is 18.2 Å². The average molecular weight is 415 g/mol. The largest absolute Gasteiger partial charge is 0.489 e. The van der Waals surface area contributed by atoms with Crippen LogP contribution in [0.2, 0.25) is 0 Å². The highest BCUT2D eigenvalue weighted by Gasteiger charge is 2.34. The quantitative estimate of drug-likeness (QED) is 0.695. The normalized spacial score (nSPS) is 28.2. The van der Waals surface area contributed by atoms with E-state index < -0.39 is 6.04 Å². The van der Waals surface area contributed by atoms with Crippen molar-refractivity contribution in [2.24, 2.45) is 0 Å². The van der Waals surface area contributed by atoms with Gasteiger partial charge in [0.15, 0.2) is 0 Å². The molecule has 8 heteroatoms. The lowest BCUT2D eigenvalue weighted by atomic mass is 9.99. The van der Waals surface area contributed by atoms with Crippen molar-refractivity contribution in [2.45, 2.75) is 50.5 Å². The van der Waals surface area contributed by atoms with Crippen molar-refractivity contribution in [3.05, 3.63) is 29.3 Å². The lowest BCUT2D eigenvalue weighted by Gasteiger charge is -2.37. The number of hydrogen-bond acceptors (Lipinski definition) is 6. The van der Waals surface area contributed by atoms with E-state index in [-0.39, 0.29) is 53.6 Å². The summed E-state index contributed by atoms with van der Waals surface area (Å²) in [7, 11) is 4.97. The number of benzene rings is 1. The van der Waals surface area contributed by atoms with Crippen LogP contribution in [0.3, 0.4) is 0 Å². The van der Waals surface area contributed by atoms with Crippen molar-refractivity contribution in [3.63, 3.8) is 0 Å². The van der Waals surface area contributed by atoms with E-state index in [0.29, 0.717) is 13.0 Å². The van der Waals surface area contributed by atoms with E-state index >= 15 is 0 Å². The smallest absolute Gasteiger partial charge is 0.258 e. The monoisotopic (exact) mass is 415 g/mol. The second-order valence-electron chi connectivity index (χ2n) is 7.89. The second kappa shape index (κ2) is 9.45. The van der Waals surface area contributed by atoms with E-state index in [0.717, 1.165) is 12.8 Å². The Balaban J connectivity index is 2.00. The predicted octanol–water partition coefficient (Wildman–Crippen LogP) is 1.82. The summed E-state index contributed by atoms with van der Waals surface area (Å²) in [4.78, 5) is 29.1. The molecule has 0 unspecified atom stereocenters. The number of para-hydroxylation sites is 1. The van der Waals surface area contributed by atoms with Crippen LogP contribution in [0.5, 0.6) is 5.75 Å². The maximum Gasteiger partial charge on any atom is 0.258 e. The Morgan fingerprint density at radius 3 is 2.67 bits per heavy atom. The number of likely N-dealkylation sites (N-methyl/N-ethyl adjacent to an activating group) is 2. The van der Waals surface area contributed by atoms with Gasteiger partial charge in [-0.15, -0.1) is 0 Å². The molecule has 0 spiro atoms. The summed E-state index contributed by atoms with van der Waals surface area (Å²) in [5.74, 6) is -0.314. The molecule has 2 amide bonds. The minimum Gasteiger partial charge on any atom is -0.489 e. The van der Waals surface area contributed by atoms with Gasteiger partial charge in [-0.2, -0.15) is 5.26 Å². The van der Waals surface area contributed by atoms with Gasteiger partial charge in [0.05, 0.1) is 23.3 Å². The zero-order chi connectivity index (χ0) is 21.8. The molecule has 30 heavy (non-hydrogen) atoms. The van der Waals surface area contributed by atoms with Crippen LogP contribution in [0.1, 0.15) is 42.1 Å². The third kappa shape index (κ3) is 4.42. The number of methoxy groups -OCH3 is 1. The first-order chi connectivity index (χ1) is 14.4. The molecule has 0 saturated carbocycles. The molecule has 0 aliphatic carbocycles. The summed E-state index contributed by atoms with van der Waals surface area (Å²) in [6.45, 7) is 2.41. The molecule has 1 fully saturated rings. The molecule has 2 aliphatic heterocycles. The number of fused-ring (bicyclic) bond motifs is 3. The van der Waals surface area contributed by atoms with E-state index in [9.17, 15) is 14.9 Å². The minimum absolute atomic E-state index is 0.0106. The molecule has 1 saturated heterocycles. The van der Waals surface area contributed by atoms with Crippen LogP contribution in [0.4, 0.5) is 0 Å². The highest BCUT2D eigenvalue weighted by Crippen LogP contribution is 2.29. The fourth-order valence-corrected chi connectivity index (χ4v) is 3.98. The van der Waals surface area contributed by atoms with Gasteiger partial charge in [-0.05, 0) is 38.3 Å². The maximum absolute atomic E-state index is 13.2. The minimum atomic E-state index is -0.651. The van der Waals surface area contributed by atoms with Crippen molar-refractivity contribution >= 4 is 11.8 Å². The number of hydrogen-bond donors (Lipinski definition) is 0. The lowest BCUT2D eigenvalue weighted by Crippen LogP contribution is -2.48. The number of ether oxygens (including phenoxy) is 3. The first-order valence-electron chi connectivity index (χ1n) is 10.2. The molecule has 1 aromatic rings. The van der Waals surface area contributed by atoms with Crippen LogP contribution >= 0.6 is 0 Å². The van der Waals surface area contributed by atoms with E-state index in [1.54, 1.807) is 51.2 Å². The van der Waals surface area contributed by atoms with E-state index in [4.69, 9.17) is 14.2 Å². The Hall–Kier alpha value is -2.63. The molecule has 1 aromatic carbocycles. The maximum atomic E-state index is 13.2. The number of carbonyl (C=O) groups is 2. The van der Waals surface area contributed by atoms with Gasteiger partial charge in [0.1, 0.15) is 30.6 Å². The molecule has 3 rings (SSSR count). The second-order valence-corrected chi connectivity index (χ2v) is 7.89. The van der Waals surface area contributed by atoms with Gasteiger partial charge in [0.25, 0.3) is 5.91 Å². The van der Waals surface area contributed by atoms with Gasteiger partial charge in [-0.1, -0.05) is 6.07 Å². The summed E-state index contributed by atoms with van der Waals surface area (Å²) in [5, 5.41) is 9.55. The molecule has 162 valence electrons. The molecule has 2 aliphatic rings. The molecule has 8 nitrogen and oxygen atoms in total. The average Bonchev–Trinajstić information content (AvgIpc) is 2.78. The van der Waals surface area contributed by atoms with Crippen LogP contribution in [-0.2, 0) is 14.3 Å². The van der Waals surface area contributed by atoms with Gasteiger partial charge >= 0.3 is 0 Å². The Morgan fingerprint density at radius 1 is 1.20 bits per heavy atom. The highest BCUT2D eigenvalue weighted by atomic mass is 16.6. The van der Waals surface area contributed by atoms with E-state index in [1.165, 1.54) is 4.90 Å². The number of amides is 2. The van der Waals surface area contributed by atoms with Gasteiger partial charge in [0.2, 0.25) is 5.91 Å². The van der Waals surface area contributed by atoms with Crippen LogP contribution < -0.4 is 4.74 Å². The van der Waals surface area contributed by atoms with E-state index in [2.05, 4.69) is 6.07 Å². The molecule has 2 heterocycles. The van der Waals surface area contributed by atoms with Gasteiger partial charge in [0, 0.05) is 27.7 Å². The molecule has 0 radical (unpaired) electrons. The first-order valence-corrected chi connectivity index (χ1v) is 10.2. The predicted molar refractivity (Wildman–Crippen MR) is 109 cm³/mol. The standard InChI is InChI=1S/C22H29N3O5/c1-14-21(26)24(2)11-10-16-8-9-18(28-4)19(30-16)13-29-20-15(12-23)6-5-7-17(20)22(27)25(14)3/h5-7,14,16,18-19H,8-11,13H2,1-4H3/t14-,16+,18-,19+/m0/s1. The molecular formula is C22H29N3O5. The summed E-state index contributed by atoms with van der Waals surface area (Å²) in [6, 6.07) is 6.30. The van der Waals surface area contributed by atoms with Crippen molar-refractivity contribution in [2.75, 3.05) is 34.4 Å². The van der Waals surface area contributed by atoms with Crippen molar-refractivity contribution in [1.29, 1.82) is 5.26 Å². The number of nitrogens with zero attached hydrogens (tertiary/aromatic N) is 3. The number of carbonyl (C=O) groups excluding carboxylic acids is 2. The van der Waals surface area contributed by atoms with Crippen LogP contribution in [-0.4, -0.2) is 80.3 Å². The topological polar surface area (TPSA) is 92.1 Å². The highest BCUT2D eigenvalue weighted by molar-refractivity contribution is 6.00. The molecule has 2 bridgehead atoms. The molecule has 0 aromatic heterocycles. The van der Waals surface area contributed by atoms with Gasteiger partial charge in [-0.25, -0.2) is 0 Å². The summed E-state index contributed by atoms with van der Waals surface area (Å²) in [6.07, 6.45) is 1.87. The Labute approximate surface area is 177 Å². The molecular weight excluding hydrogens is 386 g/mol. The first kappa shape index (κ1) is 22.1. The van der Waals surface area contributed by atoms with E-state index in [1.807, 2.05) is 0 Å². The third-order valence-corrected chi connectivity index (χ3v) is 6.04.